The number of benzene rings is 10. The van der Waals surface area contributed by atoms with E-state index in [-0.39, 0.29) is 11.4 Å². The summed E-state index contributed by atoms with van der Waals surface area (Å²) in [6.07, 6.45) is -4.81. The van der Waals surface area contributed by atoms with Gasteiger partial charge in [-0.25, -0.2) is 19.8 Å². The van der Waals surface area contributed by atoms with Crippen molar-refractivity contribution in [1.29, 1.82) is 5.26 Å². The predicted molar refractivity (Wildman–Crippen MR) is 297 cm³/mol. The molecule has 13 aromatic rings. The highest BCUT2D eigenvalue weighted by Crippen LogP contribution is 2.48. The fraction of sp³-hybridized carbons (Fsp3) is 0.0152. The van der Waals surface area contributed by atoms with Crippen LogP contribution in [0.4, 0.5) is 18.9 Å². The van der Waals surface area contributed by atoms with Crippen LogP contribution in [0.1, 0.15) is 11.1 Å². The lowest BCUT2D eigenvalue weighted by molar-refractivity contribution is -0.137. The number of rotatable bonds is 8. The van der Waals surface area contributed by atoms with Crippen molar-refractivity contribution in [3.05, 3.63) is 253 Å². The largest absolute Gasteiger partial charge is 0.417 e. The zero-order valence-corrected chi connectivity index (χ0v) is 40.2. The van der Waals surface area contributed by atoms with Gasteiger partial charge in [0.1, 0.15) is 0 Å². The molecule has 0 amide bonds. The fourth-order valence-electron chi connectivity index (χ4n) is 10.5. The first-order valence-corrected chi connectivity index (χ1v) is 24.5. The number of nitrogens with zero attached hydrogens (tertiary/aromatic N) is 7. The van der Waals surface area contributed by atoms with Crippen LogP contribution in [-0.4, -0.2) is 24.1 Å². The Hall–Kier alpha value is -10.4. The topological polar surface area (TPSA) is 76.7 Å². The van der Waals surface area contributed by atoms with Gasteiger partial charge in [0.15, 0.2) is 23.2 Å². The first-order valence-electron chi connectivity index (χ1n) is 24.5. The van der Waals surface area contributed by atoms with Gasteiger partial charge in [-0.3, -0.25) is 0 Å². The Morgan fingerprint density at radius 3 is 1.39 bits per heavy atom. The fourth-order valence-corrected chi connectivity index (χ4v) is 10.5. The van der Waals surface area contributed by atoms with Crippen LogP contribution in [-0.2, 0) is 6.18 Å². The van der Waals surface area contributed by atoms with Crippen LogP contribution in [0.5, 0.6) is 0 Å². The van der Waals surface area contributed by atoms with Gasteiger partial charge in [0.05, 0.1) is 57.2 Å². The van der Waals surface area contributed by atoms with Gasteiger partial charge < -0.3 is 9.13 Å². The summed E-state index contributed by atoms with van der Waals surface area (Å²) < 4.78 is 53.0. The predicted octanol–water partition coefficient (Wildman–Crippen LogP) is 17.5. The molecule has 13 rings (SSSR count). The van der Waals surface area contributed by atoms with E-state index in [0.29, 0.717) is 50.9 Å². The quantitative estimate of drug-likeness (QED) is 0.142. The minimum absolute atomic E-state index is 0.0333. The van der Waals surface area contributed by atoms with Gasteiger partial charge in [-0.15, -0.1) is 0 Å². The van der Waals surface area contributed by atoms with E-state index < -0.39 is 11.7 Å². The number of para-hydroxylation sites is 2. The molecule has 0 spiro atoms. The van der Waals surface area contributed by atoms with Crippen molar-refractivity contribution >= 4 is 49.3 Å². The monoisotopic (exact) mass is 985 g/mol. The maximum atomic E-state index is 16.3. The molecular formula is C66H38F3N7. The molecule has 3 heterocycles. The number of hydrogen-bond acceptors (Lipinski definition) is 4. The molecule has 76 heavy (non-hydrogen) atoms. The molecule has 7 nitrogen and oxygen atoms in total. The Bertz CT molecular complexity index is 4450. The number of hydrogen-bond donors (Lipinski definition) is 0. The molecule has 10 aromatic carbocycles. The number of alkyl halides is 3. The minimum atomic E-state index is -4.81. The summed E-state index contributed by atoms with van der Waals surface area (Å²) in [6, 6.07) is 74.0. The van der Waals surface area contributed by atoms with Crippen molar-refractivity contribution < 1.29 is 13.2 Å². The smallest absolute Gasteiger partial charge is 0.309 e. The molecule has 0 saturated heterocycles. The molecule has 0 fully saturated rings. The molecule has 0 radical (unpaired) electrons. The second-order valence-electron chi connectivity index (χ2n) is 18.5. The van der Waals surface area contributed by atoms with E-state index >= 15 is 13.2 Å². The molecule has 0 saturated carbocycles. The zero-order valence-electron chi connectivity index (χ0n) is 40.2. The maximum Gasteiger partial charge on any atom is 0.417 e. The van der Waals surface area contributed by atoms with Crippen molar-refractivity contribution in [1.82, 2.24) is 24.1 Å². The van der Waals surface area contributed by atoms with Gasteiger partial charge in [-0.2, -0.15) is 18.4 Å². The Morgan fingerprint density at radius 1 is 0.408 bits per heavy atom. The Balaban J connectivity index is 1.12. The summed E-state index contributed by atoms with van der Waals surface area (Å²) in [5.41, 5.74) is 10.0. The van der Waals surface area contributed by atoms with Gasteiger partial charge in [-0.05, 0) is 101 Å². The summed E-state index contributed by atoms with van der Waals surface area (Å²) in [7, 11) is 0. The van der Waals surface area contributed by atoms with Crippen LogP contribution >= 0.6 is 0 Å². The molecule has 0 aliphatic carbocycles. The minimum Gasteiger partial charge on any atom is -0.309 e. The van der Waals surface area contributed by atoms with Gasteiger partial charge in [-0.1, -0.05) is 152 Å². The standard InChI is InChI=1S/C66H38F3N7/c1-71-49-32-27-43(28-33-49)47-30-35-59-53(38-47)51-18-9-11-21-57(51)76(59)61-22-12-19-55(66(67,68)69)62(61)54-39-48(65-73-63(44-13-4-2-5-14-44)72-64(74-65)45-15-6-3-7-16-45)31-36-60(54)75-56-20-10-8-17-50(56)52-37-46(29-34-58(52)75)42-25-23-41(40-70)24-26-42/h2-39H. The third-order valence-corrected chi connectivity index (χ3v) is 14.1. The van der Waals surface area contributed by atoms with Gasteiger partial charge in [0, 0.05) is 49.4 Å². The van der Waals surface area contributed by atoms with E-state index in [4.69, 9.17) is 21.5 Å². The normalized spacial score (nSPS) is 11.6. The summed E-state index contributed by atoms with van der Waals surface area (Å²) in [5.74, 6) is 1.12. The summed E-state index contributed by atoms with van der Waals surface area (Å²) >= 11 is 0. The lowest BCUT2D eigenvalue weighted by Crippen LogP contribution is -2.11. The molecule has 0 aliphatic heterocycles. The first kappa shape index (κ1) is 45.4. The van der Waals surface area contributed by atoms with Crippen molar-refractivity contribution in [3.8, 4) is 85.0 Å². The molecule has 358 valence electrons. The first-order chi connectivity index (χ1) is 37.2. The SMILES string of the molecule is [C-]#[N+]c1ccc(-c2ccc3c(c2)c2ccccc2n3-c2cccc(C(F)(F)F)c2-c2cc(-c3nc(-c4ccccc4)nc(-c4ccccc4)n3)ccc2-n2c3ccccc3c3cc(-c4ccc(C#N)cc4)ccc32)cc1. The van der Waals surface area contributed by atoms with Crippen LogP contribution in [0.2, 0.25) is 0 Å². The molecule has 0 N–H and O–H groups in total. The Kier molecular flexibility index (Phi) is 10.9. The second-order valence-corrected chi connectivity index (χ2v) is 18.5. The summed E-state index contributed by atoms with van der Waals surface area (Å²) in [4.78, 5) is 18.6. The van der Waals surface area contributed by atoms with E-state index in [0.717, 1.165) is 77.5 Å². The number of nitriles is 1. The van der Waals surface area contributed by atoms with Crippen molar-refractivity contribution in [2.24, 2.45) is 0 Å². The molecule has 3 aromatic heterocycles. The molecular weight excluding hydrogens is 948 g/mol. The van der Waals surface area contributed by atoms with E-state index in [9.17, 15) is 5.26 Å². The van der Waals surface area contributed by atoms with Crippen molar-refractivity contribution in [2.45, 2.75) is 6.18 Å². The van der Waals surface area contributed by atoms with E-state index in [1.807, 2.05) is 174 Å². The lowest BCUT2D eigenvalue weighted by Gasteiger charge is -2.23. The highest BCUT2D eigenvalue weighted by Gasteiger charge is 2.37. The van der Waals surface area contributed by atoms with Crippen LogP contribution < -0.4 is 0 Å². The maximum absolute atomic E-state index is 16.3. The molecule has 10 heteroatoms. The van der Waals surface area contributed by atoms with Crippen LogP contribution in [0.3, 0.4) is 0 Å². The van der Waals surface area contributed by atoms with Crippen molar-refractivity contribution in [3.63, 3.8) is 0 Å². The number of aromatic nitrogens is 5. The average molecular weight is 986 g/mol. The van der Waals surface area contributed by atoms with Gasteiger partial charge in [0.25, 0.3) is 0 Å². The third-order valence-electron chi connectivity index (χ3n) is 14.1. The Morgan fingerprint density at radius 2 is 0.868 bits per heavy atom. The third kappa shape index (κ3) is 7.81. The average Bonchev–Trinajstić information content (AvgIpc) is 3.99. The van der Waals surface area contributed by atoms with Crippen LogP contribution in [0, 0.1) is 17.9 Å². The van der Waals surface area contributed by atoms with Gasteiger partial charge >= 0.3 is 6.18 Å². The highest BCUT2D eigenvalue weighted by molar-refractivity contribution is 6.13. The highest BCUT2D eigenvalue weighted by atomic mass is 19.4. The second kappa shape index (κ2) is 18.3. The lowest BCUT2D eigenvalue weighted by atomic mass is 9.93. The Labute approximate surface area is 434 Å². The van der Waals surface area contributed by atoms with E-state index in [1.54, 1.807) is 36.4 Å². The number of fused-ring (bicyclic) bond motifs is 6. The zero-order chi connectivity index (χ0) is 51.5. The van der Waals surface area contributed by atoms with E-state index in [2.05, 4.69) is 27.6 Å². The molecule has 0 aliphatic rings. The molecule has 0 atom stereocenters. The molecule has 0 unspecified atom stereocenters. The number of halogens is 3. The molecule has 0 bridgehead atoms. The van der Waals surface area contributed by atoms with Crippen LogP contribution in [0.15, 0.2) is 231 Å². The van der Waals surface area contributed by atoms with Crippen LogP contribution in [0.25, 0.3) is 127 Å². The summed E-state index contributed by atoms with van der Waals surface area (Å²) in [5, 5.41) is 13.1. The van der Waals surface area contributed by atoms with E-state index in [1.165, 1.54) is 6.07 Å². The summed E-state index contributed by atoms with van der Waals surface area (Å²) in [6.45, 7) is 7.48. The van der Waals surface area contributed by atoms with Crippen molar-refractivity contribution in [2.75, 3.05) is 0 Å². The van der Waals surface area contributed by atoms with Gasteiger partial charge in [0.2, 0.25) is 0 Å².